The number of halogens is 1. The summed E-state index contributed by atoms with van der Waals surface area (Å²) >= 11 is 2.26. The maximum atomic E-state index is 3.69. The first-order valence-corrected chi connectivity index (χ1v) is 5.40. The van der Waals surface area contributed by atoms with Crippen molar-refractivity contribution in [2.75, 3.05) is 0 Å². The van der Waals surface area contributed by atoms with Crippen LogP contribution in [0, 0.1) is 5.92 Å². The molecule has 0 aromatic carbocycles. The quantitative estimate of drug-likeness (QED) is 0.538. The SMILES string of the molecule is C=C/C(I)=C\C=C\C1C=CC=CC1. The lowest BCUT2D eigenvalue weighted by Crippen LogP contribution is -1.91. The molecule has 0 nitrogen and oxygen atoms in total. The molecule has 68 valence electrons. The molecular formula is C12H13I. The van der Waals surface area contributed by atoms with Gasteiger partial charge >= 0.3 is 0 Å². The number of hydrogen-bond acceptors (Lipinski definition) is 0. The van der Waals surface area contributed by atoms with E-state index in [1.807, 2.05) is 6.08 Å². The van der Waals surface area contributed by atoms with E-state index in [2.05, 4.69) is 71.7 Å². The molecule has 13 heavy (non-hydrogen) atoms. The third-order valence-corrected chi connectivity index (χ3v) is 2.62. The summed E-state index contributed by atoms with van der Waals surface area (Å²) < 4.78 is 1.17. The highest BCUT2D eigenvalue weighted by Gasteiger charge is 1.97. The standard InChI is InChI=1S/C12H13I/c1-2-12(13)10-6-9-11-7-4-3-5-8-11/h2-7,9-11H,1,8H2/b9-6+,12-10+. The minimum atomic E-state index is 0.565. The summed E-state index contributed by atoms with van der Waals surface area (Å²) in [6, 6.07) is 0. The fourth-order valence-corrected chi connectivity index (χ4v) is 1.31. The topological polar surface area (TPSA) is 0 Å². The zero-order valence-corrected chi connectivity index (χ0v) is 9.65. The van der Waals surface area contributed by atoms with Crippen molar-refractivity contribution in [2.24, 2.45) is 5.92 Å². The van der Waals surface area contributed by atoms with E-state index in [1.54, 1.807) is 0 Å². The Morgan fingerprint density at radius 1 is 1.46 bits per heavy atom. The summed E-state index contributed by atoms with van der Waals surface area (Å²) in [6.45, 7) is 3.69. The van der Waals surface area contributed by atoms with Crippen LogP contribution in [0.1, 0.15) is 6.42 Å². The molecular weight excluding hydrogens is 271 g/mol. The predicted octanol–water partition coefficient (Wildman–Crippen LogP) is 4.18. The first kappa shape index (κ1) is 10.5. The van der Waals surface area contributed by atoms with Gasteiger partial charge < -0.3 is 0 Å². The van der Waals surface area contributed by atoms with Crippen molar-refractivity contribution in [3.05, 3.63) is 58.8 Å². The molecule has 1 aliphatic rings. The average molecular weight is 284 g/mol. The molecule has 1 atom stereocenters. The minimum absolute atomic E-state index is 0.565. The maximum Gasteiger partial charge on any atom is 0.0124 e. The highest BCUT2D eigenvalue weighted by molar-refractivity contribution is 14.1. The summed E-state index contributed by atoms with van der Waals surface area (Å²) in [5.74, 6) is 0.565. The van der Waals surface area contributed by atoms with Gasteiger partial charge in [-0.2, -0.15) is 0 Å². The van der Waals surface area contributed by atoms with Crippen molar-refractivity contribution < 1.29 is 0 Å². The van der Waals surface area contributed by atoms with Crippen LogP contribution in [0.3, 0.4) is 0 Å². The predicted molar refractivity (Wildman–Crippen MR) is 67.8 cm³/mol. The summed E-state index contributed by atoms with van der Waals surface area (Å²) in [6.07, 6.45) is 17.9. The van der Waals surface area contributed by atoms with Gasteiger partial charge in [-0.25, -0.2) is 0 Å². The van der Waals surface area contributed by atoms with Crippen LogP contribution in [0.5, 0.6) is 0 Å². The van der Waals surface area contributed by atoms with Crippen molar-refractivity contribution in [3.63, 3.8) is 0 Å². The molecule has 0 heterocycles. The molecule has 0 amide bonds. The molecule has 1 unspecified atom stereocenters. The Bertz CT molecular complexity index is 279. The molecule has 1 aliphatic carbocycles. The lowest BCUT2D eigenvalue weighted by Gasteiger charge is -2.05. The second-order valence-electron chi connectivity index (χ2n) is 2.85. The van der Waals surface area contributed by atoms with Gasteiger partial charge in [0.15, 0.2) is 0 Å². The van der Waals surface area contributed by atoms with Crippen molar-refractivity contribution >= 4 is 22.6 Å². The van der Waals surface area contributed by atoms with Crippen LogP contribution in [-0.2, 0) is 0 Å². The molecule has 0 bridgehead atoms. The van der Waals surface area contributed by atoms with Crippen LogP contribution in [-0.4, -0.2) is 0 Å². The average Bonchev–Trinajstić information content (AvgIpc) is 2.19. The number of allylic oxidation sites excluding steroid dienone is 9. The van der Waals surface area contributed by atoms with E-state index in [1.165, 1.54) is 3.58 Å². The minimum Gasteiger partial charge on any atom is -0.0980 e. The van der Waals surface area contributed by atoms with E-state index >= 15 is 0 Å². The molecule has 0 aliphatic heterocycles. The monoisotopic (exact) mass is 284 g/mol. The molecule has 0 radical (unpaired) electrons. The highest BCUT2D eigenvalue weighted by atomic mass is 127. The molecule has 0 N–H and O–H groups in total. The van der Waals surface area contributed by atoms with E-state index in [9.17, 15) is 0 Å². The van der Waals surface area contributed by atoms with E-state index in [4.69, 9.17) is 0 Å². The van der Waals surface area contributed by atoms with Crippen LogP contribution < -0.4 is 0 Å². The largest absolute Gasteiger partial charge is 0.0980 e. The van der Waals surface area contributed by atoms with Crippen LogP contribution in [0.2, 0.25) is 0 Å². The van der Waals surface area contributed by atoms with Crippen LogP contribution >= 0.6 is 22.6 Å². The fourth-order valence-electron chi connectivity index (χ4n) is 1.10. The Labute approximate surface area is 93.6 Å². The van der Waals surface area contributed by atoms with Crippen molar-refractivity contribution in [1.82, 2.24) is 0 Å². The number of hydrogen-bond donors (Lipinski definition) is 0. The fraction of sp³-hybridized carbons (Fsp3) is 0.167. The normalized spacial score (nSPS) is 22.5. The number of rotatable bonds is 3. The van der Waals surface area contributed by atoms with Crippen LogP contribution in [0.15, 0.2) is 58.8 Å². The maximum absolute atomic E-state index is 3.69. The third-order valence-electron chi connectivity index (χ3n) is 1.82. The Morgan fingerprint density at radius 2 is 2.31 bits per heavy atom. The third kappa shape index (κ3) is 4.27. The van der Waals surface area contributed by atoms with Gasteiger partial charge in [-0.1, -0.05) is 49.1 Å². The zero-order valence-electron chi connectivity index (χ0n) is 7.49. The van der Waals surface area contributed by atoms with E-state index in [0.717, 1.165) is 6.42 Å². The lowest BCUT2D eigenvalue weighted by molar-refractivity contribution is 0.822. The van der Waals surface area contributed by atoms with Gasteiger partial charge in [-0.3, -0.25) is 0 Å². The summed E-state index contributed by atoms with van der Waals surface area (Å²) in [5, 5.41) is 0. The van der Waals surface area contributed by atoms with Crippen molar-refractivity contribution in [1.29, 1.82) is 0 Å². The Hall–Kier alpha value is -0.570. The Kier molecular flexibility index (Phi) is 4.83. The molecule has 0 spiro atoms. The molecule has 0 aromatic rings. The second kappa shape index (κ2) is 5.97. The van der Waals surface area contributed by atoms with Gasteiger partial charge in [0.2, 0.25) is 0 Å². The summed E-state index contributed by atoms with van der Waals surface area (Å²) in [4.78, 5) is 0. The molecule has 0 saturated carbocycles. The molecule has 0 fully saturated rings. The lowest BCUT2D eigenvalue weighted by atomic mass is 10.0. The van der Waals surface area contributed by atoms with Crippen molar-refractivity contribution in [2.45, 2.75) is 6.42 Å². The molecule has 1 heteroatoms. The summed E-state index contributed by atoms with van der Waals surface area (Å²) in [7, 11) is 0. The second-order valence-corrected chi connectivity index (χ2v) is 4.10. The first-order valence-electron chi connectivity index (χ1n) is 4.32. The van der Waals surface area contributed by atoms with Gasteiger partial charge in [0.1, 0.15) is 0 Å². The van der Waals surface area contributed by atoms with E-state index < -0.39 is 0 Å². The van der Waals surface area contributed by atoms with Crippen LogP contribution in [0.25, 0.3) is 0 Å². The van der Waals surface area contributed by atoms with Gasteiger partial charge in [0, 0.05) is 3.58 Å². The Balaban J connectivity index is 2.44. The summed E-state index contributed by atoms with van der Waals surface area (Å²) in [5.41, 5.74) is 0. The van der Waals surface area contributed by atoms with Gasteiger partial charge in [0.25, 0.3) is 0 Å². The van der Waals surface area contributed by atoms with Crippen molar-refractivity contribution in [3.8, 4) is 0 Å². The molecule has 1 rings (SSSR count). The van der Waals surface area contributed by atoms with Gasteiger partial charge in [0.05, 0.1) is 0 Å². The molecule has 0 aromatic heterocycles. The zero-order chi connectivity index (χ0) is 9.52. The van der Waals surface area contributed by atoms with Gasteiger partial charge in [-0.05, 0) is 41.0 Å². The molecule has 0 saturated heterocycles. The smallest absolute Gasteiger partial charge is 0.0124 e. The van der Waals surface area contributed by atoms with E-state index in [-0.39, 0.29) is 0 Å². The Morgan fingerprint density at radius 3 is 2.92 bits per heavy atom. The van der Waals surface area contributed by atoms with Gasteiger partial charge in [-0.15, -0.1) is 0 Å². The first-order chi connectivity index (χ1) is 6.33. The van der Waals surface area contributed by atoms with Crippen LogP contribution in [0.4, 0.5) is 0 Å². The van der Waals surface area contributed by atoms with E-state index in [0.29, 0.717) is 5.92 Å². The highest BCUT2D eigenvalue weighted by Crippen LogP contribution is 2.13.